The Bertz CT molecular complexity index is 907. The highest BCUT2D eigenvalue weighted by Gasteiger charge is 2.43. The van der Waals surface area contributed by atoms with Gasteiger partial charge in [0.2, 0.25) is 0 Å². The van der Waals surface area contributed by atoms with Crippen molar-refractivity contribution in [3.63, 3.8) is 0 Å². The minimum atomic E-state index is -0.563. The zero-order chi connectivity index (χ0) is 18.3. The van der Waals surface area contributed by atoms with Crippen molar-refractivity contribution in [1.29, 1.82) is 0 Å². The second-order valence-corrected chi connectivity index (χ2v) is 7.33. The molecule has 1 saturated carbocycles. The number of hydrogen-bond acceptors (Lipinski definition) is 2. The first-order valence-corrected chi connectivity index (χ1v) is 9.09. The molecule has 134 valence electrons. The zero-order valence-electron chi connectivity index (χ0n) is 14.1. The first-order chi connectivity index (χ1) is 12.5. The van der Waals surface area contributed by atoms with Gasteiger partial charge < -0.3 is 10.6 Å². The van der Waals surface area contributed by atoms with Gasteiger partial charge in [-0.25, -0.2) is 9.18 Å². The summed E-state index contributed by atoms with van der Waals surface area (Å²) in [5, 5.41) is 6.39. The molecule has 0 bridgehead atoms. The van der Waals surface area contributed by atoms with E-state index in [0.717, 1.165) is 43.2 Å². The maximum absolute atomic E-state index is 14.2. The molecule has 2 aromatic rings. The van der Waals surface area contributed by atoms with Crippen LogP contribution in [-0.4, -0.2) is 12.3 Å². The maximum Gasteiger partial charge on any atom is 0.319 e. The van der Waals surface area contributed by atoms with E-state index in [-0.39, 0.29) is 11.6 Å². The van der Waals surface area contributed by atoms with E-state index in [0.29, 0.717) is 22.6 Å². The molecule has 0 saturated heterocycles. The van der Waals surface area contributed by atoms with Crippen LogP contribution in [0.5, 0.6) is 0 Å². The van der Waals surface area contributed by atoms with E-state index in [9.17, 15) is 14.0 Å². The second-order valence-electron chi connectivity index (χ2n) is 6.92. The third-order valence-electron chi connectivity index (χ3n) is 5.37. The molecule has 2 aliphatic rings. The molecule has 1 heterocycles. The van der Waals surface area contributed by atoms with E-state index in [2.05, 4.69) is 10.6 Å². The van der Waals surface area contributed by atoms with Gasteiger partial charge in [0.15, 0.2) is 6.29 Å². The largest absolute Gasteiger partial charge is 0.328 e. The monoisotopic (exact) mass is 372 g/mol. The molecule has 0 atom stereocenters. The van der Waals surface area contributed by atoms with Crippen molar-refractivity contribution in [3.05, 3.63) is 52.3 Å². The van der Waals surface area contributed by atoms with E-state index in [1.165, 1.54) is 12.1 Å². The molecule has 2 amide bonds. The number of halogens is 2. The molecule has 1 spiro atoms. The molecule has 0 radical (unpaired) electrons. The first kappa shape index (κ1) is 17.0. The highest BCUT2D eigenvalue weighted by molar-refractivity contribution is 6.34. The molecular formula is C20H18ClFN2O2. The Morgan fingerprint density at radius 2 is 1.88 bits per heavy atom. The number of benzene rings is 2. The summed E-state index contributed by atoms with van der Waals surface area (Å²) in [4.78, 5) is 23.2. The van der Waals surface area contributed by atoms with Crippen LogP contribution in [0.3, 0.4) is 0 Å². The van der Waals surface area contributed by atoms with Gasteiger partial charge in [-0.15, -0.1) is 0 Å². The Labute approximate surface area is 155 Å². The summed E-state index contributed by atoms with van der Waals surface area (Å²) in [5.41, 5.74) is 2.49. The van der Waals surface area contributed by atoms with Crippen LogP contribution < -0.4 is 10.6 Å². The maximum atomic E-state index is 14.2. The topological polar surface area (TPSA) is 58.2 Å². The summed E-state index contributed by atoms with van der Waals surface area (Å²) in [7, 11) is 0. The molecule has 2 aromatic carbocycles. The fourth-order valence-electron chi connectivity index (χ4n) is 4.18. The van der Waals surface area contributed by atoms with Crippen LogP contribution in [0, 0.1) is 5.82 Å². The predicted molar refractivity (Wildman–Crippen MR) is 99.2 cm³/mol. The van der Waals surface area contributed by atoms with Crippen molar-refractivity contribution >= 4 is 29.6 Å². The van der Waals surface area contributed by atoms with Gasteiger partial charge in [-0.3, -0.25) is 4.79 Å². The van der Waals surface area contributed by atoms with Gasteiger partial charge in [0.25, 0.3) is 0 Å². The predicted octanol–water partition coefficient (Wildman–Crippen LogP) is 5.25. The van der Waals surface area contributed by atoms with E-state index < -0.39 is 11.4 Å². The van der Waals surface area contributed by atoms with Crippen molar-refractivity contribution in [1.82, 2.24) is 5.32 Å². The number of aldehydes is 1. The van der Waals surface area contributed by atoms with Crippen molar-refractivity contribution < 1.29 is 14.0 Å². The molecule has 1 aliphatic heterocycles. The van der Waals surface area contributed by atoms with Crippen molar-refractivity contribution in [2.24, 2.45) is 0 Å². The van der Waals surface area contributed by atoms with Crippen LogP contribution in [0.2, 0.25) is 5.02 Å². The average Bonchev–Trinajstić information content (AvgIpc) is 2.63. The molecular weight excluding hydrogens is 355 g/mol. The van der Waals surface area contributed by atoms with Crippen molar-refractivity contribution in [3.8, 4) is 11.1 Å². The van der Waals surface area contributed by atoms with Crippen LogP contribution >= 0.6 is 11.6 Å². The molecule has 1 aliphatic carbocycles. The Morgan fingerprint density at radius 1 is 1.12 bits per heavy atom. The van der Waals surface area contributed by atoms with Crippen molar-refractivity contribution in [2.75, 3.05) is 5.32 Å². The molecule has 1 fully saturated rings. The fourth-order valence-corrected chi connectivity index (χ4v) is 4.39. The minimum Gasteiger partial charge on any atom is -0.328 e. The Morgan fingerprint density at radius 3 is 2.58 bits per heavy atom. The van der Waals surface area contributed by atoms with Crippen molar-refractivity contribution in [2.45, 2.75) is 37.6 Å². The van der Waals surface area contributed by atoms with Gasteiger partial charge >= 0.3 is 6.03 Å². The first-order valence-electron chi connectivity index (χ1n) is 8.71. The van der Waals surface area contributed by atoms with E-state index >= 15 is 0 Å². The van der Waals surface area contributed by atoms with Gasteiger partial charge in [-0.2, -0.15) is 0 Å². The lowest BCUT2D eigenvalue weighted by Crippen LogP contribution is -2.53. The second kappa shape index (κ2) is 6.40. The number of nitrogens with one attached hydrogen (secondary N) is 2. The lowest BCUT2D eigenvalue weighted by molar-refractivity contribution is 0.112. The molecule has 26 heavy (non-hydrogen) atoms. The fraction of sp³-hybridized carbons (Fsp3) is 0.300. The number of anilines is 1. The number of carbonyl (C=O) groups excluding carboxylic acids is 2. The third-order valence-corrected chi connectivity index (χ3v) is 5.68. The highest BCUT2D eigenvalue weighted by atomic mass is 35.5. The third kappa shape index (κ3) is 2.67. The minimum absolute atomic E-state index is 0.0235. The normalized spacial score (nSPS) is 18.0. The average molecular weight is 373 g/mol. The number of amides is 2. The van der Waals surface area contributed by atoms with E-state index in [1.54, 1.807) is 12.1 Å². The molecule has 0 aromatic heterocycles. The summed E-state index contributed by atoms with van der Waals surface area (Å²) < 4.78 is 14.2. The highest BCUT2D eigenvalue weighted by Crippen LogP contribution is 2.49. The Kier molecular flexibility index (Phi) is 4.19. The van der Waals surface area contributed by atoms with E-state index in [4.69, 9.17) is 11.6 Å². The van der Waals surface area contributed by atoms with Gasteiger partial charge in [-0.05, 0) is 42.2 Å². The number of fused-ring (bicyclic) bond motifs is 2. The van der Waals surface area contributed by atoms with Crippen LogP contribution in [-0.2, 0) is 5.54 Å². The number of rotatable bonds is 2. The summed E-state index contributed by atoms with van der Waals surface area (Å²) in [5.74, 6) is -0.563. The standard InChI is InChI=1S/C20H18ClFN2O2/c21-15-7-6-14(12-4-5-13(11-25)16(22)10-12)17-18(15)23-19(26)24-20(17)8-2-1-3-9-20/h4-7,10-11H,1-3,8-9H2,(H2,23,24,26). The van der Waals surface area contributed by atoms with Crippen LogP contribution in [0.4, 0.5) is 14.9 Å². The van der Waals surface area contributed by atoms with Gasteiger partial charge in [-0.1, -0.05) is 43.0 Å². The molecule has 2 N–H and O–H groups in total. The molecule has 0 unspecified atom stereocenters. The van der Waals surface area contributed by atoms with Gasteiger partial charge in [0.1, 0.15) is 5.82 Å². The lowest BCUT2D eigenvalue weighted by Gasteiger charge is -2.44. The van der Waals surface area contributed by atoms with Crippen LogP contribution in [0.1, 0.15) is 48.0 Å². The summed E-state index contributed by atoms with van der Waals surface area (Å²) >= 11 is 6.39. The Balaban J connectivity index is 1.95. The van der Waals surface area contributed by atoms with Gasteiger partial charge in [0.05, 0.1) is 21.8 Å². The lowest BCUT2D eigenvalue weighted by atomic mass is 9.72. The van der Waals surface area contributed by atoms with Crippen LogP contribution in [0.25, 0.3) is 11.1 Å². The van der Waals surface area contributed by atoms with Gasteiger partial charge in [0, 0.05) is 5.56 Å². The SMILES string of the molecule is O=Cc1ccc(-c2ccc(Cl)c3c2C2(CCCCC2)NC(=O)N3)cc1F. The summed E-state index contributed by atoms with van der Waals surface area (Å²) in [6.45, 7) is 0. The van der Waals surface area contributed by atoms with Crippen LogP contribution in [0.15, 0.2) is 30.3 Å². The number of hydrogen-bond donors (Lipinski definition) is 2. The number of carbonyl (C=O) groups is 2. The molecule has 6 heteroatoms. The number of urea groups is 1. The van der Waals surface area contributed by atoms with E-state index in [1.807, 2.05) is 6.07 Å². The smallest absolute Gasteiger partial charge is 0.319 e. The Hall–Kier alpha value is -2.40. The zero-order valence-corrected chi connectivity index (χ0v) is 14.8. The molecule has 4 nitrogen and oxygen atoms in total. The summed E-state index contributed by atoms with van der Waals surface area (Å²) in [6.07, 6.45) is 5.26. The molecule has 4 rings (SSSR count). The summed E-state index contributed by atoms with van der Waals surface area (Å²) in [6, 6.07) is 7.86. The quantitative estimate of drug-likeness (QED) is 0.707.